The maximum Gasteiger partial charge on any atom is 0.120 e. The molecular weight excluding hydrogens is 276 g/mol. The highest BCUT2D eigenvalue weighted by atomic mass is 35.5. The minimum atomic E-state index is 0.577. The Morgan fingerprint density at radius 3 is 2.58 bits per heavy atom. The maximum atomic E-state index is 6.13. The molecule has 0 unspecified atom stereocenters. The summed E-state index contributed by atoms with van der Waals surface area (Å²) in [5.74, 6) is 0. The topological polar surface area (TPSA) is 38.9 Å². The number of anilines is 1. The van der Waals surface area contributed by atoms with Gasteiger partial charge in [-0.2, -0.15) is 0 Å². The molecule has 3 rings (SSSR count). The molecule has 94 valence electrons. The van der Waals surface area contributed by atoms with E-state index in [4.69, 9.17) is 17.3 Å². The van der Waals surface area contributed by atoms with E-state index < -0.39 is 0 Å². The number of nitrogens with two attached hydrogens (primary N) is 1. The van der Waals surface area contributed by atoms with Gasteiger partial charge in [-0.15, -0.1) is 0 Å². The second-order valence-corrected chi connectivity index (χ2v) is 5.64. The lowest BCUT2D eigenvalue weighted by atomic mass is 10.1. The van der Waals surface area contributed by atoms with Crippen molar-refractivity contribution in [2.75, 3.05) is 5.73 Å². The Labute approximate surface area is 120 Å². The Kier molecular flexibility index (Phi) is 3.32. The van der Waals surface area contributed by atoms with Crippen molar-refractivity contribution < 1.29 is 0 Å². The number of aromatic nitrogens is 1. The van der Waals surface area contributed by atoms with Crippen LogP contribution in [0, 0.1) is 0 Å². The van der Waals surface area contributed by atoms with Gasteiger partial charge in [-0.25, -0.2) is 4.98 Å². The molecule has 1 heterocycles. The van der Waals surface area contributed by atoms with Crippen LogP contribution in [0.15, 0.2) is 64.6 Å². The number of hydrogen-bond acceptors (Lipinski definition) is 3. The summed E-state index contributed by atoms with van der Waals surface area (Å²) in [5.41, 5.74) is 6.22. The van der Waals surface area contributed by atoms with Crippen LogP contribution in [0.5, 0.6) is 0 Å². The van der Waals surface area contributed by atoms with E-state index >= 15 is 0 Å². The number of pyridine rings is 1. The van der Waals surface area contributed by atoms with Crippen molar-refractivity contribution >= 4 is 39.8 Å². The molecule has 0 saturated heterocycles. The summed E-state index contributed by atoms with van der Waals surface area (Å²) in [6.45, 7) is 0. The molecule has 2 aromatic carbocycles. The average molecular weight is 287 g/mol. The largest absolute Gasteiger partial charge is 0.397 e. The average Bonchev–Trinajstić information content (AvgIpc) is 2.42. The van der Waals surface area contributed by atoms with Crippen molar-refractivity contribution in [1.29, 1.82) is 0 Å². The summed E-state index contributed by atoms with van der Waals surface area (Å²) >= 11 is 7.67. The zero-order valence-corrected chi connectivity index (χ0v) is 11.6. The third-order valence-electron chi connectivity index (χ3n) is 2.76. The molecule has 0 saturated carbocycles. The van der Waals surface area contributed by atoms with Crippen molar-refractivity contribution in [3.05, 3.63) is 59.8 Å². The van der Waals surface area contributed by atoms with Crippen LogP contribution >= 0.6 is 23.4 Å². The van der Waals surface area contributed by atoms with Gasteiger partial charge in [0.1, 0.15) is 5.03 Å². The highest BCUT2D eigenvalue weighted by molar-refractivity contribution is 7.99. The van der Waals surface area contributed by atoms with E-state index in [-0.39, 0.29) is 0 Å². The van der Waals surface area contributed by atoms with Crippen molar-refractivity contribution in [1.82, 2.24) is 4.98 Å². The number of halogens is 1. The van der Waals surface area contributed by atoms with E-state index in [1.54, 1.807) is 12.3 Å². The molecule has 1 aromatic heterocycles. The molecule has 0 radical (unpaired) electrons. The molecule has 0 fully saturated rings. The van der Waals surface area contributed by atoms with Gasteiger partial charge in [0.05, 0.1) is 16.9 Å². The fourth-order valence-corrected chi connectivity index (χ4v) is 2.96. The van der Waals surface area contributed by atoms with E-state index in [1.807, 2.05) is 12.1 Å². The third kappa shape index (κ3) is 2.67. The van der Waals surface area contributed by atoms with Crippen molar-refractivity contribution in [3.8, 4) is 0 Å². The number of nitrogen functional groups attached to an aromatic ring is 1. The van der Waals surface area contributed by atoms with Gasteiger partial charge in [0.25, 0.3) is 0 Å². The monoisotopic (exact) mass is 286 g/mol. The molecule has 0 aliphatic carbocycles. The fraction of sp³-hybridized carbons (Fsp3) is 0. The van der Waals surface area contributed by atoms with Gasteiger partial charge in [-0.05, 0) is 29.0 Å². The minimum absolute atomic E-state index is 0.577. The first-order valence-corrected chi connectivity index (χ1v) is 6.99. The number of nitrogens with zero attached hydrogens (tertiary/aromatic N) is 1. The summed E-state index contributed by atoms with van der Waals surface area (Å²) in [6, 6.07) is 16.3. The van der Waals surface area contributed by atoms with Crippen LogP contribution in [0.3, 0.4) is 0 Å². The molecule has 0 aliphatic rings. The number of fused-ring (bicyclic) bond motifs is 1. The molecule has 0 atom stereocenters. The normalized spacial score (nSPS) is 10.8. The van der Waals surface area contributed by atoms with E-state index in [1.165, 1.54) is 22.5 Å². The first-order chi connectivity index (χ1) is 9.22. The summed E-state index contributed by atoms with van der Waals surface area (Å²) < 4.78 is 0. The first-order valence-electron chi connectivity index (χ1n) is 5.80. The maximum absolute atomic E-state index is 6.13. The van der Waals surface area contributed by atoms with Gasteiger partial charge in [0.2, 0.25) is 0 Å². The van der Waals surface area contributed by atoms with Gasteiger partial charge >= 0.3 is 0 Å². The van der Waals surface area contributed by atoms with Crippen LogP contribution in [0.4, 0.5) is 5.69 Å². The van der Waals surface area contributed by atoms with Gasteiger partial charge in [0, 0.05) is 4.90 Å². The molecule has 0 aliphatic heterocycles. The summed E-state index contributed by atoms with van der Waals surface area (Å²) in [6.07, 6.45) is 1.62. The Bertz CT molecular complexity index is 743. The standard InChI is InChI=1S/C15H11ClN2S/c16-14-8-12(17)9-18-15(14)19-13-6-5-10-3-1-2-4-11(10)7-13/h1-9H,17H2. The lowest BCUT2D eigenvalue weighted by Crippen LogP contribution is -1.88. The van der Waals surface area contributed by atoms with Crippen molar-refractivity contribution in [3.63, 3.8) is 0 Å². The van der Waals surface area contributed by atoms with Crippen molar-refractivity contribution in [2.24, 2.45) is 0 Å². The molecule has 2 nitrogen and oxygen atoms in total. The van der Waals surface area contributed by atoms with Gasteiger partial charge < -0.3 is 5.73 Å². The second-order valence-electron chi connectivity index (χ2n) is 4.17. The third-order valence-corrected chi connectivity index (χ3v) is 4.17. The highest BCUT2D eigenvalue weighted by Gasteiger charge is 2.05. The first kappa shape index (κ1) is 12.3. The minimum Gasteiger partial charge on any atom is -0.397 e. The van der Waals surface area contributed by atoms with Crippen LogP contribution in [0.1, 0.15) is 0 Å². The van der Waals surface area contributed by atoms with Crippen LogP contribution < -0.4 is 5.73 Å². The van der Waals surface area contributed by atoms with Crippen LogP contribution in [-0.4, -0.2) is 4.98 Å². The quantitative estimate of drug-likeness (QED) is 0.747. The second kappa shape index (κ2) is 5.11. The summed E-state index contributed by atoms with van der Waals surface area (Å²) in [4.78, 5) is 5.37. The molecule has 0 amide bonds. The van der Waals surface area contributed by atoms with E-state index in [0.29, 0.717) is 10.7 Å². The SMILES string of the molecule is Nc1cnc(Sc2ccc3ccccc3c2)c(Cl)c1. The Hall–Kier alpha value is -1.71. The van der Waals surface area contributed by atoms with Gasteiger partial charge in [-0.3, -0.25) is 0 Å². The number of benzene rings is 2. The predicted molar refractivity (Wildman–Crippen MR) is 81.7 cm³/mol. The fourth-order valence-electron chi connectivity index (χ4n) is 1.86. The molecule has 19 heavy (non-hydrogen) atoms. The molecule has 3 aromatic rings. The zero-order valence-electron chi connectivity index (χ0n) is 10.0. The molecular formula is C15H11ClN2S. The van der Waals surface area contributed by atoms with Crippen LogP contribution in [0.2, 0.25) is 5.02 Å². The Morgan fingerprint density at radius 2 is 1.79 bits per heavy atom. The van der Waals surface area contributed by atoms with E-state index in [2.05, 4.69) is 35.3 Å². The lowest BCUT2D eigenvalue weighted by molar-refractivity contribution is 1.14. The number of hydrogen-bond donors (Lipinski definition) is 1. The highest BCUT2D eigenvalue weighted by Crippen LogP contribution is 2.33. The smallest absolute Gasteiger partial charge is 0.120 e. The molecule has 2 N–H and O–H groups in total. The number of rotatable bonds is 2. The van der Waals surface area contributed by atoms with Gasteiger partial charge in [0.15, 0.2) is 0 Å². The van der Waals surface area contributed by atoms with Crippen LogP contribution in [0.25, 0.3) is 10.8 Å². The zero-order chi connectivity index (χ0) is 13.2. The van der Waals surface area contributed by atoms with Gasteiger partial charge in [-0.1, -0.05) is 53.7 Å². The molecule has 4 heteroatoms. The summed E-state index contributed by atoms with van der Waals surface area (Å²) in [7, 11) is 0. The molecule has 0 spiro atoms. The van der Waals surface area contributed by atoms with E-state index in [9.17, 15) is 0 Å². The van der Waals surface area contributed by atoms with E-state index in [0.717, 1.165) is 9.92 Å². The van der Waals surface area contributed by atoms with Crippen LogP contribution in [-0.2, 0) is 0 Å². The Morgan fingerprint density at radius 1 is 1.00 bits per heavy atom. The Balaban J connectivity index is 1.96. The van der Waals surface area contributed by atoms with Crippen molar-refractivity contribution in [2.45, 2.75) is 9.92 Å². The summed E-state index contributed by atoms with van der Waals surface area (Å²) in [5, 5.41) is 3.78. The lowest BCUT2D eigenvalue weighted by Gasteiger charge is -2.05. The predicted octanol–water partition coefficient (Wildman–Crippen LogP) is 4.62. The molecule has 0 bridgehead atoms.